The van der Waals surface area contributed by atoms with Gasteiger partial charge in [-0.3, -0.25) is 11.3 Å². The third-order valence-corrected chi connectivity index (χ3v) is 3.67. The highest BCUT2D eigenvalue weighted by Crippen LogP contribution is 2.25. The number of hydrogen-bond donors (Lipinski definition) is 2. The largest absolute Gasteiger partial charge is 0.271 e. The van der Waals surface area contributed by atoms with Gasteiger partial charge in [-0.15, -0.1) is 6.58 Å². The molecule has 0 radical (unpaired) electrons. The van der Waals surface area contributed by atoms with E-state index in [0.717, 1.165) is 26.2 Å². The van der Waals surface area contributed by atoms with Gasteiger partial charge in [0.2, 0.25) is 0 Å². The predicted molar refractivity (Wildman–Crippen MR) is 73.7 cm³/mol. The minimum absolute atomic E-state index is 0.0806. The minimum atomic E-state index is 0.0806. The van der Waals surface area contributed by atoms with Crippen LogP contribution in [0.4, 0.5) is 0 Å². The zero-order valence-corrected chi connectivity index (χ0v) is 11.5. The van der Waals surface area contributed by atoms with E-state index in [4.69, 9.17) is 17.4 Å². The van der Waals surface area contributed by atoms with Gasteiger partial charge in [0, 0.05) is 9.61 Å². The van der Waals surface area contributed by atoms with E-state index in [2.05, 4.69) is 34.6 Å². The quantitative estimate of drug-likeness (QED) is 0.383. The summed E-state index contributed by atoms with van der Waals surface area (Å²) in [6.45, 7) is 5.86. The topological polar surface area (TPSA) is 38.0 Å². The van der Waals surface area contributed by atoms with E-state index in [0.29, 0.717) is 0 Å². The Hall–Kier alpha value is -0.100. The standard InChI is InChI=1S/C11H14ClIN2/c1-7(2)5-11(15-14)8-3-4-10(13)9(12)6-8/h3-4,6,11,15H,1,5,14H2,2H3. The van der Waals surface area contributed by atoms with E-state index in [-0.39, 0.29) is 6.04 Å². The smallest absolute Gasteiger partial charge is 0.0542 e. The third-order valence-electron chi connectivity index (χ3n) is 2.10. The summed E-state index contributed by atoms with van der Waals surface area (Å²) in [7, 11) is 0. The zero-order chi connectivity index (χ0) is 11.4. The van der Waals surface area contributed by atoms with Crippen molar-refractivity contribution in [3.8, 4) is 0 Å². The van der Waals surface area contributed by atoms with Gasteiger partial charge >= 0.3 is 0 Å². The van der Waals surface area contributed by atoms with Crippen LogP contribution in [0.15, 0.2) is 30.4 Å². The van der Waals surface area contributed by atoms with Crippen LogP contribution in [0, 0.1) is 3.57 Å². The molecule has 0 amide bonds. The van der Waals surface area contributed by atoms with Gasteiger partial charge in [-0.25, -0.2) is 0 Å². The normalized spacial score (nSPS) is 12.5. The molecule has 2 nitrogen and oxygen atoms in total. The van der Waals surface area contributed by atoms with Gasteiger partial charge in [0.25, 0.3) is 0 Å². The van der Waals surface area contributed by atoms with Crippen molar-refractivity contribution >= 4 is 34.2 Å². The van der Waals surface area contributed by atoms with Crippen LogP contribution in [0.1, 0.15) is 24.9 Å². The molecule has 0 aliphatic carbocycles. The minimum Gasteiger partial charge on any atom is -0.271 e. The molecule has 0 aliphatic rings. The van der Waals surface area contributed by atoms with Gasteiger partial charge in [-0.05, 0) is 53.6 Å². The number of halogens is 2. The Morgan fingerprint density at radius 1 is 1.67 bits per heavy atom. The van der Waals surface area contributed by atoms with Crippen LogP contribution < -0.4 is 11.3 Å². The van der Waals surface area contributed by atoms with E-state index in [1.54, 1.807) is 0 Å². The maximum absolute atomic E-state index is 6.05. The summed E-state index contributed by atoms with van der Waals surface area (Å²) in [6.07, 6.45) is 0.813. The van der Waals surface area contributed by atoms with Crippen molar-refractivity contribution in [2.24, 2.45) is 5.84 Å². The van der Waals surface area contributed by atoms with Crippen LogP contribution in [-0.4, -0.2) is 0 Å². The summed E-state index contributed by atoms with van der Waals surface area (Å²) in [5, 5.41) is 0.759. The fourth-order valence-electron chi connectivity index (χ4n) is 1.35. The highest BCUT2D eigenvalue weighted by atomic mass is 127. The Labute approximate surface area is 109 Å². The molecule has 0 saturated heterocycles. The van der Waals surface area contributed by atoms with E-state index in [9.17, 15) is 0 Å². The van der Waals surface area contributed by atoms with E-state index in [1.807, 2.05) is 25.1 Å². The fraction of sp³-hybridized carbons (Fsp3) is 0.273. The molecule has 1 atom stereocenters. The second kappa shape index (κ2) is 5.84. The summed E-state index contributed by atoms with van der Waals surface area (Å²) in [4.78, 5) is 0. The highest BCUT2D eigenvalue weighted by molar-refractivity contribution is 14.1. The average Bonchev–Trinajstić information content (AvgIpc) is 2.18. The molecule has 4 heteroatoms. The summed E-state index contributed by atoms with van der Waals surface area (Å²) in [5.74, 6) is 5.51. The number of nitrogens with one attached hydrogen (secondary N) is 1. The third kappa shape index (κ3) is 3.75. The van der Waals surface area contributed by atoms with Crippen molar-refractivity contribution < 1.29 is 0 Å². The van der Waals surface area contributed by atoms with Gasteiger partial charge < -0.3 is 0 Å². The maximum atomic E-state index is 6.05. The van der Waals surface area contributed by atoms with Crippen LogP contribution in [0.2, 0.25) is 5.02 Å². The van der Waals surface area contributed by atoms with Crippen molar-refractivity contribution in [1.82, 2.24) is 5.43 Å². The molecule has 3 N–H and O–H groups in total. The molecule has 1 aromatic carbocycles. The molecule has 0 heterocycles. The molecule has 0 aromatic heterocycles. The van der Waals surface area contributed by atoms with Crippen LogP contribution in [0.25, 0.3) is 0 Å². The lowest BCUT2D eigenvalue weighted by molar-refractivity contribution is 0.550. The molecule has 82 valence electrons. The summed E-state index contributed by atoms with van der Waals surface area (Å²) in [6, 6.07) is 6.04. The van der Waals surface area contributed by atoms with Crippen LogP contribution in [-0.2, 0) is 0 Å². The Morgan fingerprint density at radius 3 is 2.80 bits per heavy atom. The van der Waals surface area contributed by atoms with Crippen LogP contribution in [0.5, 0.6) is 0 Å². The van der Waals surface area contributed by atoms with E-state index < -0.39 is 0 Å². The summed E-state index contributed by atoms with van der Waals surface area (Å²) >= 11 is 8.25. The van der Waals surface area contributed by atoms with Crippen molar-refractivity contribution in [1.29, 1.82) is 0 Å². The SMILES string of the molecule is C=C(C)CC(NN)c1ccc(I)c(Cl)c1. The summed E-state index contributed by atoms with van der Waals surface area (Å²) < 4.78 is 1.05. The first-order valence-electron chi connectivity index (χ1n) is 4.60. The molecular weight excluding hydrogens is 322 g/mol. The van der Waals surface area contributed by atoms with Gasteiger partial charge in [-0.2, -0.15) is 0 Å². The number of hydrazine groups is 1. The second-order valence-corrected chi connectivity index (χ2v) is 5.12. The van der Waals surface area contributed by atoms with Gasteiger partial charge in [-0.1, -0.05) is 23.2 Å². The lowest BCUT2D eigenvalue weighted by Crippen LogP contribution is -2.28. The maximum Gasteiger partial charge on any atom is 0.0542 e. The van der Waals surface area contributed by atoms with E-state index in [1.165, 1.54) is 0 Å². The Balaban J connectivity index is 2.92. The lowest BCUT2D eigenvalue weighted by atomic mass is 10.0. The fourth-order valence-corrected chi connectivity index (χ4v) is 1.88. The number of rotatable bonds is 4. The number of benzene rings is 1. The first-order chi connectivity index (χ1) is 7.04. The number of hydrogen-bond acceptors (Lipinski definition) is 2. The molecule has 0 saturated carbocycles. The molecule has 1 aromatic rings. The Morgan fingerprint density at radius 2 is 2.33 bits per heavy atom. The van der Waals surface area contributed by atoms with Crippen LogP contribution >= 0.6 is 34.2 Å². The summed E-state index contributed by atoms with van der Waals surface area (Å²) in [5.41, 5.74) is 4.95. The Kier molecular flexibility index (Phi) is 5.05. The van der Waals surface area contributed by atoms with Crippen molar-refractivity contribution in [3.05, 3.63) is 44.5 Å². The lowest BCUT2D eigenvalue weighted by Gasteiger charge is -2.16. The molecule has 1 rings (SSSR count). The van der Waals surface area contributed by atoms with Crippen LogP contribution in [0.3, 0.4) is 0 Å². The second-order valence-electron chi connectivity index (χ2n) is 3.55. The zero-order valence-electron chi connectivity index (χ0n) is 8.56. The first kappa shape index (κ1) is 13.0. The predicted octanol–water partition coefficient (Wildman–Crippen LogP) is 3.42. The van der Waals surface area contributed by atoms with Gasteiger partial charge in [0.05, 0.1) is 5.02 Å². The molecule has 0 bridgehead atoms. The van der Waals surface area contributed by atoms with Crippen molar-refractivity contribution in [3.63, 3.8) is 0 Å². The first-order valence-corrected chi connectivity index (χ1v) is 6.05. The molecule has 0 spiro atoms. The molecule has 0 fully saturated rings. The molecule has 0 aliphatic heterocycles. The van der Waals surface area contributed by atoms with Crippen molar-refractivity contribution in [2.75, 3.05) is 0 Å². The molecule has 1 unspecified atom stereocenters. The molecular formula is C11H14ClIN2. The van der Waals surface area contributed by atoms with Gasteiger partial charge in [0.15, 0.2) is 0 Å². The monoisotopic (exact) mass is 336 g/mol. The van der Waals surface area contributed by atoms with Gasteiger partial charge in [0.1, 0.15) is 0 Å². The number of nitrogens with two attached hydrogens (primary N) is 1. The Bertz CT molecular complexity index is 366. The van der Waals surface area contributed by atoms with E-state index >= 15 is 0 Å². The highest BCUT2D eigenvalue weighted by Gasteiger charge is 2.10. The molecule has 15 heavy (non-hydrogen) atoms. The average molecular weight is 337 g/mol. The van der Waals surface area contributed by atoms with Crippen molar-refractivity contribution in [2.45, 2.75) is 19.4 Å².